The van der Waals surface area contributed by atoms with Crippen LogP contribution in [0, 0.1) is 6.92 Å². The molecule has 4 atom stereocenters. The van der Waals surface area contributed by atoms with Gasteiger partial charge in [-0.2, -0.15) is 0 Å². The summed E-state index contributed by atoms with van der Waals surface area (Å²) in [6.07, 6.45) is 13.4. The van der Waals surface area contributed by atoms with Crippen molar-refractivity contribution in [3.8, 4) is 22.5 Å². The summed E-state index contributed by atoms with van der Waals surface area (Å²) in [6.45, 7) is 54.5. The normalized spacial score (nSPS) is 21.0. The molecule has 26 rings (SSSR count). The third kappa shape index (κ3) is 11.6. The van der Waals surface area contributed by atoms with Crippen LogP contribution in [0.25, 0.3) is 88.4 Å². The van der Waals surface area contributed by atoms with E-state index in [0.29, 0.717) is 0 Å². The lowest BCUT2D eigenvalue weighted by atomic mass is 9.33. The van der Waals surface area contributed by atoms with Crippen LogP contribution in [0.15, 0.2) is 251 Å². The van der Waals surface area contributed by atoms with Crippen LogP contribution in [-0.2, 0) is 48.7 Å². The number of fused-ring (bicyclic) bond motifs is 25. The van der Waals surface area contributed by atoms with Gasteiger partial charge in [0.25, 0.3) is 13.4 Å². The number of rotatable bonds is 10. The van der Waals surface area contributed by atoms with Crippen LogP contribution in [0.3, 0.4) is 0 Å². The van der Waals surface area contributed by atoms with Crippen molar-refractivity contribution >= 4 is 169 Å². The first-order valence-corrected chi connectivity index (χ1v) is 51.6. The maximum atomic E-state index is 7.20. The van der Waals surface area contributed by atoms with E-state index in [-0.39, 0.29) is 73.2 Å². The van der Waals surface area contributed by atoms with Gasteiger partial charge in [0.2, 0.25) is 0 Å². The number of benzene rings is 13. The van der Waals surface area contributed by atoms with E-state index in [4.69, 9.17) is 8.83 Å². The minimum absolute atomic E-state index is 0.00405. The van der Waals surface area contributed by atoms with E-state index in [1.54, 1.807) is 0 Å². The van der Waals surface area contributed by atoms with Gasteiger partial charge in [0.05, 0.1) is 27.8 Å². The first-order valence-electron chi connectivity index (χ1n) is 51.6. The summed E-state index contributed by atoms with van der Waals surface area (Å²) in [6, 6.07) is 97.1. The molecule has 0 amide bonds. The average molecular weight is 1790 g/mol. The predicted octanol–water partition coefficient (Wildman–Crippen LogP) is 30.3. The lowest BCUT2D eigenvalue weighted by Crippen LogP contribution is -2.60. The standard InChI is InChI=1S/C127H130B2N6O2/c1-75-64-89-90(123(17,18)63-62-122(89,15)16)74-100(75)131-102-69-81(47-52-94(102)129-96-43-35-41-87-112(96)133(114-85-39-27-29-45-108(85)137-116(87)114)106-73-83(71-104(131)110(106)129)134-98-54-49-78(118(5,6)7)66-91(98)124(19)56-30-32-58-126(124,134)21)121(13,14)61-60-120(11,12)80-50-55-99-92(67-80)125(20)57-31-33-59-127(125,22)135(99)82-70-103-109-105(72-82)132-111-86(115-113(132)84-38-26-28-44-107(84)136-115)40-34-42-95(111)128(109)93-51-46-79(119(8,9)10)68-101(93)130(103)97-53-48-77(117(2,3)4)65-88(97)76-36-24-23-25-37-76/h23-29,34-55,64-74H,30-33,56-63H2,1-22H3. The summed E-state index contributed by atoms with van der Waals surface area (Å²) in [5, 5.41) is 4.61. The van der Waals surface area contributed by atoms with Crippen molar-refractivity contribution in [3.05, 3.63) is 298 Å². The lowest BCUT2D eigenvalue weighted by molar-refractivity contribution is 0.194. The molecule has 10 heteroatoms. The Morgan fingerprint density at radius 2 is 0.701 bits per heavy atom. The number of furan rings is 2. The number of para-hydroxylation sites is 4. The molecule has 0 spiro atoms. The third-order valence-corrected chi connectivity index (χ3v) is 37.2. The van der Waals surface area contributed by atoms with Crippen molar-refractivity contribution in [3.63, 3.8) is 0 Å². The molecule has 0 radical (unpaired) electrons. The molecule has 0 saturated heterocycles. The Morgan fingerprint density at radius 3 is 1.20 bits per heavy atom. The fourth-order valence-corrected chi connectivity index (χ4v) is 28.5. The largest absolute Gasteiger partial charge is 0.454 e. The van der Waals surface area contributed by atoms with Gasteiger partial charge in [0, 0.05) is 100 Å². The summed E-state index contributed by atoms with van der Waals surface area (Å²) in [5.74, 6) is 0. The smallest absolute Gasteiger partial charge is 0.252 e. The van der Waals surface area contributed by atoms with Crippen molar-refractivity contribution in [1.82, 2.24) is 9.13 Å². The first-order chi connectivity index (χ1) is 65.2. The first kappa shape index (κ1) is 85.3. The van der Waals surface area contributed by atoms with Gasteiger partial charge in [0.15, 0.2) is 11.2 Å². The Kier molecular flexibility index (Phi) is 17.5. The van der Waals surface area contributed by atoms with E-state index < -0.39 is 0 Å². The highest BCUT2D eigenvalue weighted by Crippen LogP contribution is 2.66. The van der Waals surface area contributed by atoms with Crippen LogP contribution in [0.2, 0.25) is 0 Å². The van der Waals surface area contributed by atoms with Gasteiger partial charge in [-0.15, -0.1) is 0 Å². The monoisotopic (exact) mass is 1790 g/mol. The molecule has 4 aromatic heterocycles. The molecule has 17 aromatic rings. The fourth-order valence-electron chi connectivity index (χ4n) is 28.5. The number of aryl methyl sites for hydroxylation is 1. The van der Waals surface area contributed by atoms with Crippen molar-refractivity contribution in [2.75, 3.05) is 19.6 Å². The molecule has 0 bridgehead atoms. The highest BCUT2D eigenvalue weighted by molar-refractivity contribution is 7.01. The zero-order valence-corrected chi connectivity index (χ0v) is 84.7. The zero-order chi connectivity index (χ0) is 94.6. The van der Waals surface area contributed by atoms with E-state index in [9.17, 15) is 0 Å². The molecule has 8 nitrogen and oxygen atoms in total. The second-order valence-corrected chi connectivity index (χ2v) is 49.9. The Bertz CT molecular complexity index is 8140. The summed E-state index contributed by atoms with van der Waals surface area (Å²) in [5.41, 5.74) is 46.7. The highest BCUT2D eigenvalue weighted by atomic mass is 16.3. The second-order valence-electron chi connectivity index (χ2n) is 49.9. The summed E-state index contributed by atoms with van der Waals surface area (Å²) < 4.78 is 19.7. The topological polar surface area (TPSA) is 49.1 Å². The minimum atomic E-state index is -0.288. The molecule has 4 unspecified atom stereocenters. The molecule has 137 heavy (non-hydrogen) atoms. The highest BCUT2D eigenvalue weighted by Gasteiger charge is 2.61. The zero-order valence-electron chi connectivity index (χ0n) is 84.7. The van der Waals surface area contributed by atoms with E-state index in [1.807, 2.05) is 0 Å². The lowest BCUT2D eigenvalue weighted by Gasteiger charge is -2.51. The van der Waals surface area contributed by atoms with Crippen LogP contribution in [-0.4, -0.2) is 33.6 Å². The second kappa shape index (κ2) is 28.1. The molecule has 686 valence electrons. The van der Waals surface area contributed by atoms with Crippen LogP contribution in [0.1, 0.15) is 278 Å². The Balaban J connectivity index is 0.636. The number of anilines is 10. The third-order valence-electron chi connectivity index (χ3n) is 37.2. The Labute approximate surface area is 811 Å². The summed E-state index contributed by atoms with van der Waals surface area (Å²) >= 11 is 0. The Hall–Kier alpha value is -12.1. The molecule has 2 fully saturated rings. The molecule has 6 aliphatic heterocycles. The van der Waals surface area contributed by atoms with E-state index >= 15 is 0 Å². The van der Waals surface area contributed by atoms with Gasteiger partial charge in [-0.3, -0.25) is 0 Å². The van der Waals surface area contributed by atoms with Gasteiger partial charge in [0.1, 0.15) is 22.2 Å². The van der Waals surface area contributed by atoms with Gasteiger partial charge in [-0.05, 0) is 307 Å². The van der Waals surface area contributed by atoms with Crippen molar-refractivity contribution in [2.45, 2.75) is 289 Å². The summed E-state index contributed by atoms with van der Waals surface area (Å²) in [7, 11) is 0. The van der Waals surface area contributed by atoms with E-state index in [2.05, 4.69) is 424 Å². The van der Waals surface area contributed by atoms with Gasteiger partial charge < -0.3 is 37.6 Å². The molecule has 9 aliphatic rings. The number of nitrogens with zero attached hydrogens (tertiary/aromatic N) is 6. The fraction of sp³-hybridized carbons (Fsp3) is 0.354. The van der Waals surface area contributed by atoms with Crippen LogP contribution >= 0.6 is 0 Å². The van der Waals surface area contributed by atoms with Crippen molar-refractivity contribution in [2.24, 2.45) is 0 Å². The molecular formula is C127H130B2N6O2. The number of hydrogen-bond acceptors (Lipinski definition) is 6. The number of hydrogen-bond donors (Lipinski definition) is 0. The maximum Gasteiger partial charge on any atom is 0.252 e. The van der Waals surface area contributed by atoms with Crippen molar-refractivity contribution < 1.29 is 8.83 Å². The molecule has 0 N–H and O–H groups in total. The van der Waals surface area contributed by atoms with Crippen LogP contribution in [0.5, 0.6) is 0 Å². The summed E-state index contributed by atoms with van der Waals surface area (Å²) in [4.78, 5) is 11.3. The average Bonchev–Trinajstić information content (AvgIpc) is 1.52. The number of aromatic nitrogens is 2. The minimum Gasteiger partial charge on any atom is -0.454 e. The van der Waals surface area contributed by atoms with Gasteiger partial charge in [-0.25, -0.2) is 0 Å². The van der Waals surface area contributed by atoms with Crippen LogP contribution in [0.4, 0.5) is 56.9 Å². The maximum absolute atomic E-state index is 7.20. The molecule has 3 aliphatic carbocycles. The molecule has 2 saturated carbocycles. The predicted molar refractivity (Wildman–Crippen MR) is 582 cm³/mol. The quantitative estimate of drug-likeness (QED) is 0.127. The molecule has 13 aromatic carbocycles. The SMILES string of the molecule is Cc1cc2c(cc1N1c3cc(C(C)(C)CCC(C)(C)c4ccc5c(c4)C4(C)CCCCC4(C)N5c4cc5c6c(c4)-n4c7c(cccc7c7oc8ccccc8c74)B6c4ccc(C(C)(C)C)cc4N5c4ccc(C(C)(C)C)cc4-c4ccccc4)ccc3B3c4c1cc(N1c5ccc(C(C)(C)C)cc5C5(C)CCCCC15C)cc4-n1c4c3cccc4c3oc4ccccc4c31)C(C)(C)CCC2(C)C. The van der Waals surface area contributed by atoms with Crippen LogP contribution < -0.4 is 52.4 Å². The molecule has 10 heterocycles. The van der Waals surface area contributed by atoms with Gasteiger partial charge >= 0.3 is 0 Å². The van der Waals surface area contributed by atoms with E-state index in [0.717, 1.165) is 107 Å². The van der Waals surface area contributed by atoms with Crippen molar-refractivity contribution in [1.29, 1.82) is 0 Å². The molecular weight excluding hydrogens is 1660 g/mol. The van der Waals surface area contributed by atoms with Gasteiger partial charge in [-0.1, -0.05) is 297 Å². The Morgan fingerprint density at radius 1 is 0.307 bits per heavy atom. The van der Waals surface area contributed by atoms with E-state index in [1.165, 1.54) is 203 Å².